The van der Waals surface area contributed by atoms with E-state index < -0.39 is 0 Å². The van der Waals surface area contributed by atoms with Crippen LogP contribution in [-0.2, 0) is 0 Å². The van der Waals surface area contributed by atoms with Crippen molar-refractivity contribution >= 4 is 64.9 Å². The van der Waals surface area contributed by atoms with Gasteiger partial charge in [0.25, 0.3) is 0 Å². The van der Waals surface area contributed by atoms with E-state index in [-0.39, 0.29) is 0 Å². The predicted molar refractivity (Wildman–Crippen MR) is 176 cm³/mol. The van der Waals surface area contributed by atoms with E-state index in [1.54, 1.807) is 0 Å². The molecule has 0 N–H and O–H groups in total. The van der Waals surface area contributed by atoms with Gasteiger partial charge in [-0.15, -0.1) is 0 Å². The Morgan fingerprint density at radius 1 is 0.341 bits per heavy atom. The summed E-state index contributed by atoms with van der Waals surface area (Å²) >= 11 is 0. The highest BCUT2D eigenvalue weighted by molar-refractivity contribution is 6.36. The average Bonchev–Trinajstić information content (AvgIpc) is 3.40. The van der Waals surface area contributed by atoms with Gasteiger partial charge in [-0.3, -0.25) is 0 Å². The molecule has 0 spiro atoms. The molecule has 0 radical (unpaired) electrons. The zero-order chi connectivity index (χ0) is 26.9. The molecular weight excluding hydrogens is 494 g/mol. The van der Waals surface area contributed by atoms with E-state index in [0.717, 1.165) is 0 Å². The smallest absolute Gasteiger partial charge is 0.0625 e. The quantitative estimate of drug-likeness (QED) is 0.200. The van der Waals surface area contributed by atoms with Crippen LogP contribution in [0.2, 0.25) is 0 Å². The number of hydrogen-bond donors (Lipinski definition) is 0. The molecule has 0 fully saturated rings. The van der Waals surface area contributed by atoms with Crippen LogP contribution >= 0.6 is 0 Å². The first-order chi connectivity index (χ1) is 20.3. The topological polar surface area (TPSA) is 4.93 Å². The fourth-order valence-electron chi connectivity index (χ4n) is 6.91. The number of aromatic nitrogens is 1. The minimum atomic E-state index is 1.17. The molecular formula is C40H25N. The van der Waals surface area contributed by atoms with E-state index in [1.165, 1.54) is 81.7 Å². The number of hydrogen-bond acceptors (Lipinski definition) is 0. The molecule has 190 valence electrons. The summed E-state index contributed by atoms with van der Waals surface area (Å²) in [5, 5.41) is 12.9. The van der Waals surface area contributed by atoms with E-state index in [9.17, 15) is 0 Å². The highest BCUT2D eigenvalue weighted by Crippen LogP contribution is 2.44. The standard InChI is InChI=1S/C40H25N/c1-2-12-28-24-30(21-20-26(28)10-1)29-13-9-14-31(25-29)41-37-19-8-7-18-35(37)39-36-23-22-27-11-3-4-15-32(27)38(36)33-16-5-6-17-34(33)40(39)41/h1-25H. The van der Waals surface area contributed by atoms with Crippen molar-refractivity contribution in [2.24, 2.45) is 0 Å². The van der Waals surface area contributed by atoms with Crippen LogP contribution in [0, 0.1) is 0 Å². The maximum absolute atomic E-state index is 2.48. The molecule has 0 aliphatic rings. The third kappa shape index (κ3) is 3.24. The van der Waals surface area contributed by atoms with Crippen LogP contribution in [0.15, 0.2) is 152 Å². The third-order valence-electron chi connectivity index (χ3n) is 8.71. The third-order valence-corrected chi connectivity index (χ3v) is 8.71. The lowest BCUT2D eigenvalue weighted by molar-refractivity contribution is 1.19. The minimum absolute atomic E-state index is 1.17. The molecule has 9 rings (SSSR count). The van der Waals surface area contributed by atoms with Crippen molar-refractivity contribution in [3.05, 3.63) is 152 Å². The second-order valence-electron chi connectivity index (χ2n) is 10.9. The second kappa shape index (κ2) is 8.55. The summed E-state index contributed by atoms with van der Waals surface area (Å²) in [6.07, 6.45) is 0. The highest BCUT2D eigenvalue weighted by atomic mass is 15.0. The van der Waals surface area contributed by atoms with Crippen LogP contribution in [0.4, 0.5) is 0 Å². The molecule has 1 nitrogen and oxygen atoms in total. The first kappa shape index (κ1) is 22.4. The number of nitrogens with zero attached hydrogens (tertiary/aromatic N) is 1. The Morgan fingerprint density at radius 2 is 1.00 bits per heavy atom. The van der Waals surface area contributed by atoms with Gasteiger partial charge in [0.15, 0.2) is 0 Å². The number of benzene rings is 8. The van der Waals surface area contributed by atoms with Crippen LogP contribution in [0.3, 0.4) is 0 Å². The van der Waals surface area contributed by atoms with E-state index in [4.69, 9.17) is 0 Å². The molecule has 0 amide bonds. The lowest BCUT2D eigenvalue weighted by Gasteiger charge is -2.14. The van der Waals surface area contributed by atoms with Crippen molar-refractivity contribution in [3.8, 4) is 16.8 Å². The van der Waals surface area contributed by atoms with E-state index in [2.05, 4.69) is 156 Å². The second-order valence-corrected chi connectivity index (χ2v) is 10.9. The molecule has 8 aromatic carbocycles. The largest absolute Gasteiger partial charge is 0.309 e. The van der Waals surface area contributed by atoms with E-state index in [0.29, 0.717) is 0 Å². The number of rotatable bonds is 2. The molecule has 0 aliphatic carbocycles. The molecule has 1 aromatic heterocycles. The van der Waals surface area contributed by atoms with E-state index in [1.807, 2.05) is 0 Å². The Balaban J connectivity index is 1.42. The van der Waals surface area contributed by atoms with Gasteiger partial charge in [-0.2, -0.15) is 0 Å². The number of fused-ring (bicyclic) bond motifs is 11. The van der Waals surface area contributed by atoms with Crippen LogP contribution in [0.25, 0.3) is 81.7 Å². The van der Waals surface area contributed by atoms with Gasteiger partial charge in [-0.1, -0.05) is 127 Å². The van der Waals surface area contributed by atoms with Gasteiger partial charge in [0.1, 0.15) is 0 Å². The SMILES string of the molecule is c1cc(-c2ccc3ccccc3c2)cc(-n2c3ccccc3c3c4ccc5ccccc5c4c4ccccc4c32)c1. The fourth-order valence-corrected chi connectivity index (χ4v) is 6.91. The van der Waals surface area contributed by atoms with Gasteiger partial charge in [-0.05, 0) is 73.1 Å². The van der Waals surface area contributed by atoms with Crippen molar-refractivity contribution in [2.75, 3.05) is 0 Å². The Hall–Kier alpha value is -5.40. The Morgan fingerprint density at radius 3 is 1.88 bits per heavy atom. The van der Waals surface area contributed by atoms with Gasteiger partial charge in [-0.25, -0.2) is 0 Å². The zero-order valence-electron chi connectivity index (χ0n) is 22.4. The first-order valence-corrected chi connectivity index (χ1v) is 14.2. The van der Waals surface area contributed by atoms with Crippen molar-refractivity contribution in [3.63, 3.8) is 0 Å². The molecule has 9 aromatic rings. The Bertz CT molecular complexity index is 2480. The normalized spacial score (nSPS) is 11.9. The molecule has 0 aliphatic heterocycles. The summed E-state index contributed by atoms with van der Waals surface area (Å²) in [7, 11) is 0. The molecule has 0 bridgehead atoms. The molecule has 0 saturated heterocycles. The van der Waals surface area contributed by atoms with Crippen LogP contribution in [0.1, 0.15) is 0 Å². The summed E-state index contributed by atoms with van der Waals surface area (Å²) < 4.78 is 2.48. The lowest BCUT2D eigenvalue weighted by Crippen LogP contribution is -1.95. The summed E-state index contributed by atoms with van der Waals surface area (Å²) in [4.78, 5) is 0. The fraction of sp³-hybridized carbons (Fsp3) is 0. The highest BCUT2D eigenvalue weighted by Gasteiger charge is 2.20. The van der Waals surface area contributed by atoms with Gasteiger partial charge < -0.3 is 4.57 Å². The molecule has 1 heterocycles. The van der Waals surface area contributed by atoms with Crippen molar-refractivity contribution < 1.29 is 0 Å². The summed E-state index contributed by atoms with van der Waals surface area (Å²) in [5.41, 5.74) is 6.11. The van der Waals surface area contributed by atoms with Crippen LogP contribution < -0.4 is 0 Å². The van der Waals surface area contributed by atoms with E-state index >= 15 is 0 Å². The lowest BCUT2D eigenvalue weighted by atomic mass is 9.93. The molecule has 0 unspecified atom stereocenters. The molecule has 0 atom stereocenters. The van der Waals surface area contributed by atoms with Crippen LogP contribution in [-0.4, -0.2) is 4.57 Å². The van der Waals surface area contributed by atoms with Gasteiger partial charge in [0.2, 0.25) is 0 Å². The molecule has 0 saturated carbocycles. The van der Waals surface area contributed by atoms with Crippen molar-refractivity contribution in [1.29, 1.82) is 0 Å². The maximum Gasteiger partial charge on any atom is 0.0625 e. The summed E-state index contributed by atoms with van der Waals surface area (Å²) in [6.45, 7) is 0. The maximum atomic E-state index is 2.48. The minimum Gasteiger partial charge on any atom is -0.309 e. The monoisotopic (exact) mass is 519 g/mol. The Kier molecular flexibility index (Phi) is 4.67. The predicted octanol–water partition coefficient (Wildman–Crippen LogP) is 11.1. The summed E-state index contributed by atoms with van der Waals surface area (Å²) in [6, 6.07) is 55.5. The average molecular weight is 520 g/mol. The van der Waals surface area contributed by atoms with Crippen molar-refractivity contribution in [1.82, 2.24) is 4.57 Å². The summed E-state index contributed by atoms with van der Waals surface area (Å²) in [5.74, 6) is 0. The molecule has 41 heavy (non-hydrogen) atoms. The van der Waals surface area contributed by atoms with Gasteiger partial charge in [0, 0.05) is 21.8 Å². The van der Waals surface area contributed by atoms with Crippen molar-refractivity contribution in [2.45, 2.75) is 0 Å². The molecule has 1 heteroatoms. The zero-order valence-corrected chi connectivity index (χ0v) is 22.4. The first-order valence-electron chi connectivity index (χ1n) is 14.2. The van der Waals surface area contributed by atoms with Crippen LogP contribution in [0.5, 0.6) is 0 Å². The number of para-hydroxylation sites is 1. The van der Waals surface area contributed by atoms with Gasteiger partial charge >= 0.3 is 0 Å². The Labute approximate surface area is 237 Å². The van der Waals surface area contributed by atoms with Gasteiger partial charge in [0.05, 0.1) is 11.0 Å².